The molecule has 3 aromatic carbocycles. The molecule has 0 saturated carbocycles. The van der Waals surface area contributed by atoms with Crippen LogP contribution in [0.1, 0.15) is 30.0 Å². The Morgan fingerprint density at radius 1 is 0.907 bits per heavy atom. The molecular weight excluding hydrogens is 572 g/mol. The van der Waals surface area contributed by atoms with Crippen LogP contribution in [0.3, 0.4) is 0 Å². The Hall–Kier alpha value is -4.61. The number of fused-ring (bicyclic) bond motifs is 1. The van der Waals surface area contributed by atoms with Crippen LogP contribution in [0, 0.1) is 11.6 Å². The number of carbonyl (C=O) groups excluding carboxylic acids is 1. The molecule has 2 amide bonds. The van der Waals surface area contributed by atoms with Gasteiger partial charge >= 0.3 is 11.7 Å². The number of nitrogens with one attached hydrogen (secondary N) is 1. The maximum absolute atomic E-state index is 14.8. The zero-order chi connectivity index (χ0) is 30.7. The molecule has 11 heteroatoms. The highest BCUT2D eigenvalue weighted by atomic mass is 32.1. The molecule has 8 nitrogen and oxygen atoms in total. The summed E-state index contributed by atoms with van der Waals surface area (Å²) in [7, 11) is 1.94. The zero-order valence-electron chi connectivity index (χ0n) is 23.8. The van der Waals surface area contributed by atoms with E-state index in [1.807, 2.05) is 44.3 Å². The van der Waals surface area contributed by atoms with Gasteiger partial charge in [-0.2, -0.15) is 0 Å². The number of nitrogens with zero attached hydrogens (tertiary/aromatic N) is 3. The topological polar surface area (TPSA) is 102 Å². The van der Waals surface area contributed by atoms with Crippen molar-refractivity contribution in [2.75, 3.05) is 12.4 Å². The normalized spacial score (nSPS) is 11.4. The van der Waals surface area contributed by atoms with Crippen molar-refractivity contribution in [3.8, 4) is 10.4 Å². The van der Waals surface area contributed by atoms with Crippen molar-refractivity contribution in [2.45, 2.75) is 39.5 Å². The number of urea groups is 1. The number of hydrogen-bond donors (Lipinski definition) is 2. The molecule has 2 heterocycles. The second-order valence-corrected chi connectivity index (χ2v) is 11.3. The van der Waals surface area contributed by atoms with Gasteiger partial charge in [-0.15, -0.1) is 11.3 Å². The molecule has 0 radical (unpaired) electrons. The number of aromatic nitrogens is 2. The van der Waals surface area contributed by atoms with Gasteiger partial charge in [0.05, 0.1) is 11.9 Å². The van der Waals surface area contributed by atoms with E-state index in [4.69, 9.17) is 5.73 Å². The minimum absolute atomic E-state index is 0.158. The summed E-state index contributed by atoms with van der Waals surface area (Å²) in [5.41, 5.74) is 6.97. The monoisotopic (exact) mass is 603 g/mol. The van der Waals surface area contributed by atoms with Gasteiger partial charge in [0.15, 0.2) is 0 Å². The Balaban J connectivity index is 1.74. The number of benzene rings is 3. The number of rotatable bonds is 10. The molecule has 3 N–H and O–H groups in total. The predicted octanol–water partition coefficient (Wildman–Crippen LogP) is 5.75. The van der Waals surface area contributed by atoms with E-state index in [1.54, 1.807) is 24.3 Å². The fraction of sp³-hybridized carbons (Fsp3) is 0.219. The van der Waals surface area contributed by atoms with Crippen molar-refractivity contribution in [3.63, 3.8) is 0 Å². The van der Waals surface area contributed by atoms with Crippen LogP contribution in [0.15, 0.2) is 82.4 Å². The number of thiophene rings is 1. The van der Waals surface area contributed by atoms with Gasteiger partial charge in [0, 0.05) is 35.8 Å². The lowest BCUT2D eigenvalue weighted by Crippen LogP contribution is -2.40. The number of halogens is 2. The van der Waals surface area contributed by atoms with E-state index in [9.17, 15) is 23.2 Å². The van der Waals surface area contributed by atoms with E-state index in [2.05, 4.69) is 10.2 Å². The van der Waals surface area contributed by atoms with E-state index in [0.29, 0.717) is 41.0 Å². The second-order valence-electron chi connectivity index (χ2n) is 10.3. The summed E-state index contributed by atoms with van der Waals surface area (Å²) in [6.45, 7) is 2.59. The van der Waals surface area contributed by atoms with Crippen LogP contribution in [0.5, 0.6) is 0 Å². The molecule has 2 aromatic heterocycles. The van der Waals surface area contributed by atoms with Gasteiger partial charge in [-0.1, -0.05) is 55.5 Å². The summed E-state index contributed by atoms with van der Waals surface area (Å²) in [5, 5.41) is 2.87. The molecule has 0 aliphatic heterocycles. The Kier molecular flexibility index (Phi) is 8.84. The molecule has 5 aromatic rings. The first kappa shape index (κ1) is 29.9. The fourth-order valence-corrected chi connectivity index (χ4v) is 6.47. The van der Waals surface area contributed by atoms with E-state index >= 15 is 0 Å². The number of primary amides is 1. The molecular formula is C32H31F2N5O3S. The van der Waals surface area contributed by atoms with Crippen molar-refractivity contribution in [1.82, 2.24) is 14.0 Å². The maximum Gasteiger partial charge on any atom is 0.332 e. The third-order valence-electron chi connectivity index (χ3n) is 7.12. The summed E-state index contributed by atoms with van der Waals surface area (Å²) in [6, 6.07) is 19.7. The summed E-state index contributed by atoms with van der Waals surface area (Å²) < 4.78 is 32.0. The highest BCUT2D eigenvalue weighted by Gasteiger charge is 2.25. The predicted molar refractivity (Wildman–Crippen MR) is 166 cm³/mol. The van der Waals surface area contributed by atoms with Crippen LogP contribution < -0.4 is 22.3 Å². The van der Waals surface area contributed by atoms with Gasteiger partial charge in [0.25, 0.3) is 5.56 Å². The molecule has 0 unspecified atom stereocenters. The molecule has 0 spiro atoms. The van der Waals surface area contributed by atoms with Crippen LogP contribution in [0.4, 0.5) is 19.3 Å². The van der Waals surface area contributed by atoms with Gasteiger partial charge in [-0.25, -0.2) is 18.4 Å². The SMILES string of the molecule is CCCn1c(=O)c2c(CN(C)Cc3ccccc3)c(-c3ccc(NC(N)=O)cc3)sc2n(Cc2c(F)cccc2F)c1=O. The molecule has 5 rings (SSSR count). The van der Waals surface area contributed by atoms with Crippen LogP contribution in [-0.2, 0) is 26.2 Å². The van der Waals surface area contributed by atoms with Crippen LogP contribution >= 0.6 is 11.3 Å². The zero-order valence-corrected chi connectivity index (χ0v) is 24.6. The third kappa shape index (κ3) is 6.27. The van der Waals surface area contributed by atoms with Crippen molar-refractivity contribution >= 4 is 33.3 Å². The largest absolute Gasteiger partial charge is 0.351 e. The minimum atomic E-state index is -0.773. The first-order valence-electron chi connectivity index (χ1n) is 13.8. The standard InChI is InChI=1S/C32H31F2N5O3S/c1-3-16-38-29(40)27-24(18-37(2)17-20-8-5-4-6-9-20)28(21-12-14-22(15-13-21)36-31(35)41)43-30(27)39(32(38)42)19-23-25(33)10-7-11-26(23)34/h4-15H,3,16-19H2,1-2H3,(H3,35,36,41). The smallest absolute Gasteiger partial charge is 0.332 e. The van der Waals surface area contributed by atoms with Gasteiger partial charge in [-0.3, -0.25) is 18.8 Å². The maximum atomic E-state index is 14.8. The average Bonchev–Trinajstić information content (AvgIpc) is 3.34. The molecule has 0 atom stereocenters. The highest BCUT2D eigenvalue weighted by molar-refractivity contribution is 7.22. The summed E-state index contributed by atoms with van der Waals surface area (Å²) in [6.07, 6.45) is 0.517. The van der Waals surface area contributed by atoms with E-state index < -0.39 is 28.9 Å². The first-order valence-corrected chi connectivity index (χ1v) is 14.6. The number of anilines is 1. The van der Waals surface area contributed by atoms with Crippen molar-refractivity contribution in [1.29, 1.82) is 0 Å². The van der Waals surface area contributed by atoms with Crippen molar-refractivity contribution < 1.29 is 13.6 Å². The Morgan fingerprint density at radius 3 is 2.21 bits per heavy atom. The lowest BCUT2D eigenvalue weighted by molar-refractivity contribution is 0.259. The summed E-state index contributed by atoms with van der Waals surface area (Å²) in [5.74, 6) is -1.55. The molecule has 0 aliphatic carbocycles. The number of hydrogen-bond acceptors (Lipinski definition) is 5. The molecule has 0 saturated heterocycles. The van der Waals surface area contributed by atoms with Crippen LogP contribution in [-0.4, -0.2) is 27.1 Å². The molecule has 0 bridgehead atoms. The second kappa shape index (κ2) is 12.7. The average molecular weight is 604 g/mol. The molecule has 0 fully saturated rings. The third-order valence-corrected chi connectivity index (χ3v) is 8.42. The quantitative estimate of drug-likeness (QED) is 0.212. The van der Waals surface area contributed by atoms with E-state index in [0.717, 1.165) is 32.7 Å². The molecule has 222 valence electrons. The van der Waals surface area contributed by atoms with Crippen molar-refractivity contribution in [2.24, 2.45) is 5.73 Å². The lowest BCUT2D eigenvalue weighted by Gasteiger charge is -2.18. The van der Waals surface area contributed by atoms with Gasteiger partial charge in [0.2, 0.25) is 0 Å². The lowest BCUT2D eigenvalue weighted by atomic mass is 10.1. The number of carbonyl (C=O) groups is 1. The van der Waals surface area contributed by atoms with Crippen molar-refractivity contribution in [3.05, 3.63) is 122 Å². The Labute approximate surface area is 250 Å². The van der Waals surface area contributed by atoms with E-state index in [1.165, 1.54) is 22.0 Å². The van der Waals surface area contributed by atoms with Crippen LogP contribution in [0.2, 0.25) is 0 Å². The molecule has 43 heavy (non-hydrogen) atoms. The summed E-state index contributed by atoms with van der Waals surface area (Å²) >= 11 is 1.22. The summed E-state index contributed by atoms with van der Waals surface area (Å²) in [4.78, 5) is 42.2. The first-order chi connectivity index (χ1) is 20.7. The van der Waals surface area contributed by atoms with Crippen LogP contribution in [0.25, 0.3) is 20.7 Å². The van der Waals surface area contributed by atoms with Gasteiger partial charge < -0.3 is 11.1 Å². The van der Waals surface area contributed by atoms with Gasteiger partial charge in [0.1, 0.15) is 16.5 Å². The number of amides is 2. The number of nitrogens with two attached hydrogens (primary N) is 1. The fourth-order valence-electron chi connectivity index (χ4n) is 5.17. The molecule has 0 aliphatic rings. The van der Waals surface area contributed by atoms with Gasteiger partial charge in [-0.05, 0) is 54.4 Å². The Bertz CT molecular complexity index is 1880. The highest BCUT2D eigenvalue weighted by Crippen LogP contribution is 2.38. The Morgan fingerprint density at radius 2 is 1.58 bits per heavy atom. The minimum Gasteiger partial charge on any atom is -0.351 e. The van der Waals surface area contributed by atoms with E-state index in [-0.39, 0.29) is 18.7 Å².